The second kappa shape index (κ2) is 11.7. The van der Waals surface area contributed by atoms with Gasteiger partial charge in [0.2, 0.25) is 0 Å². The standard InChI is InChI=1S/C28H24ClFN2O5S/c1-5-12-37-25-20(29)13-17(14-21(25)35-6-2)15-22-26(33)32-24(18-8-10-19(30)11-9-18)23(27(34)36-7-3)16(4)31-28(32)38-22/h1,8-11,13-15,24H,6-7,12H2,2-4H3/b22-15+/t24-/m0/s1. The van der Waals surface area contributed by atoms with Crippen molar-refractivity contribution in [3.05, 3.63) is 89.3 Å². The maximum absolute atomic E-state index is 13.7. The first-order chi connectivity index (χ1) is 18.3. The zero-order chi connectivity index (χ0) is 27.4. The Morgan fingerprint density at radius 1 is 1.24 bits per heavy atom. The van der Waals surface area contributed by atoms with Crippen molar-refractivity contribution in [3.63, 3.8) is 0 Å². The van der Waals surface area contributed by atoms with Gasteiger partial charge < -0.3 is 14.2 Å². The van der Waals surface area contributed by atoms with Gasteiger partial charge in [0.1, 0.15) is 12.4 Å². The molecule has 3 aromatic rings. The number of halogens is 2. The molecule has 4 rings (SSSR count). The summed E-state index contributed by atoms with van der Waals surface area (Å²) >= 11 is 7.61. The Hall–Kier alpha value is -3.87. The third-order valence-electron chi connectivity index (χ3n) is 5.63. The van der Waals surface area contributed by atoms with Crippen molar-refractivity contribution in [1.82, 2.24) is 4.57 Å². The number of carbonyl (C=O) groups is 1. The summed E-state index contributed by atoms with van der Waals surface area (Å²) in [6.07, 6.45) is 6.96. The summed E-state index contributed by atoms with van der Waals surface area (Å²) in [6, 6.07) is 8.15. The van der Waals surface area contributed by atoms with Crippen LogP contribution >= 0.6 is 22.9 Å². The van der Waals surface area contributed by atoms with Crippen LogP contribution in [0.25, 0.3) is 6.08 Å². The topological polar surface area (TPSA) is 79.1 Å². The quantitative estimate of drug-likeness (QED) is 0.311. The van der Waals surface area contributed by atoms with E-state index in [-0.39, 0.29) is 29.4 Å². The van der Waals surface area contributed by atoms with Crippen LogP contribution in [0.2, 0.25) is 5.02 Å². The molecule has 0 bridgehead atoms. The molecule has 0 amide bonds. The molecule has 1 aromatic heterocycles. The van der Waals surface area contributed by atoms with Gasteiger partial charge in [-0.15, -0.1) is 6.42 Å². The van der Waals surface area contributed by atoms with Crippen LogP contribution in [-0.4, -0.2) is 30.4 Å². The molecule has 0 spiro atoms. The number of rotatable bonds is 8. The first kappa shape index (κ1) is 27.2. The Morgan fingerprint density at radius 2 is 1.97 bits per heavy atom. The largest absolute Gasteiger partial charge is 0.490 e. The van der Waals surface area contributed by atoms with Crippen LogP contribution in [0.5, 0.6) is 11.5 Å². The van der Waals surface area contributed by atoms with Crippen LogP contribution in [-0.2, 0) is 9.53 Å². The van der Waals surface area contributed by atoms with Crippen LogP contribution in [0, 0.1) is 18.2 Å². The van der Waals surface area contributed by atoms with E-state index in [0.29, 0.717) is 44.3 Å². The lowest BCUT2D eigenvalue weighted by molar-refractivity contribution is -0.139. The number of ether oxygens (including phenoxy) is 3. The minimum absolute atomic E-state index is 0.0171. The highest BCUT2D eigenvalue weighted by Gasteiger charge is 2.33. The van der Waals surface area contributed by atoms with E-state index in [1.54, 1.807) is 32.1 Å². The van der Waals surface area contributed by atoms with Crippen molar-refractivity contribution in [2.24, 2.45) is 4.99 Å². The molecule has 10 heteroatoms. The number of hydrogen-bond acceptors (Lipinski definition) is 7. The monoisotopic (exact) mass is 554 g/mol. The minimum Gasteiger partial charge on any atom is -0.490 e. The Kier molecular flexibility index (Phi) is 8.35. The molecule has 0 aliphatic carbocycles. The molecular weight excluding hydrogens is 531 g/mol. The van der Waals surface area contributed by atoms with Gasteiger partial charge in [0.05, 0.1) is 40.1 Å². The third-order valence-corrected chi connectivity index (χ3v) is 6.90. The molecule has 196 valence electrons. The van der Waals surface area contributed by atoms with Gasteiger partial charge in [-0.25, -0.2) is 14.2 Å². The number of thiazole rings is 1. The summed E-state index contributed by atoms with van der Waals surface area (Å²) < 4.78 is 32.0. The van der Waals surface area contributed by atoms with Crippen LogP contribution < -0.4 is 24.4 Å². The highest BCUT2D eigenvalue weighted by atomic mass is 35.5. The minimum atomic E-state index is -0.838. The lowest BCUT2D eigenvalue weighted by Crippen LogP contribution is -2.39. The van der Waals surface area contributed by atoms with Gasteiger partial charge in [0.25, 0.3) is 5.56 Å². The third kappa shape index (κ3) is 5.37. The van der Waals surface area contributed by atoms with Crippen molar-refractivity contribution in [2.75, 3.05) is 19.8 Å². The number of hydrogen-bond donors (Lipinski definition) is 0. The normalized spacial score (nSPS) is 14.9. The van der Waals surface area contributed by atoms with Crippen LogP contribution in [0.3, 0.4) is 0 Å². The van der Waals surface area contributed by atoms with Crippen LogP contribution in [0.1, 0.15) is 37.9 Å². The number of aromatic nitrogens is 1. The molecule has 0 unspecified atom stereocenters. The molecule has 38 heavy (non-hydrogen) atoms. The second-order valence-electron chi connectivity index (χ2n) is 8.11. The molecular formula is C28H24ClFN2O5S. The van der Waals surface area contributed by atoms with Gasteiger partial charge >= 0.3 is 5.97 Å². The van der Waals surface area contributed by atoms with E-state index < -0.39 is 17.8 Å². The Labute approximate surface area is 227 Å². The van der Waals surface area contributed by atoms with Gasteiger partial charge in [-0.2, -0.15) is 0 Å². The predicted molar refractivity (Wildman–Crippen MR) is 144 cm³/mol. The molecule has 1 aliphatic rings. The summed E-state index contributed by atoms with van der Waals surface area (Å²) in [5.41, 5.74) is 1.40. The number of allylic oxidation sites excluding steroid dienone is 1. The van der Waals surface area contributed by atoms with Crippen molar-refractivity contribution >= 4 is 35.0 Å². The van der Waals surface area contributed by atoms with E-state index in [0.717, 1.165) is 11.3 Å². The summed E-state index contributed by atoms with van der Waals surface area (Å²) in [7, 11) is 0. The molecule has 1 atom stereocenters. The fourth-order valence-electron chi connectivity index (χ4n) is 4.09. The molecule has 0 N–H and O–H groups in total. The van der Waals surface area contributed by atoms with Gasteiger partial charge in [0.15, 0.2) is 16.3 Å². The SMILES string of the molecule is C#CCOc1c(Cl)cc(/C=c2/sc3n(c2=O)[C@@H](c2ccc(F)cc2)C(C(=O)OCC)=C(C)N=3)cc1OCC. The van der Waals surface area contributed by atoms with E-state index in [9.17, 15) is 14.0 Å². The number of fused-ring (bicyclic) bond motifs is 1. The number of benzene rings is 2. The number of nitrogens with zero attached hydrogens (tertiary/aromatic N) is 2. The van der Waals surface area contributed by atoms with E-state index >= 15 is 0 Å². The highest BCUT2D eigenvalue weighted by Crippen LogP contribution is 2.37. The summed E-state index contributed by atoms with van der Waals surface area (Å²) in [6.45, 7) is 5.73. The maximum atomic E-state index is 13.7. The predicted octanol–water partition coefficient (Wildman–Crippen LogP) is 4.00. The van der Waals surface area contributed by atoms with Gasteiger partial charge in [-0.3, -0.25) is 9.36 Å². The second-order valence-corrected chi connectivity index (χ2v) is 9.53. The molecule has 2 heterocycles. The van der Waals surface area contributed by atoms with E-state index in [2.05, 4.69) is 10.9 Å². The van der Waals surface area contributed by atoms with Crippen molar-refractivity contribution < 1.29 is 23.4 Å². The average molecular weight is 555 g/mol. The smallest absolute Gasteiger partial charge is 0.338 e. The fraction of sp³-hybridized carbons (Fsp3) is 0.250. The number of carbonyl (C=O) groups excluding carboxylic acids is 1. The van der Waals surface area contributed by atoms with Crippen molar-refractivity contribution in [2.45, 2.75) is 26.8 Å². The molecule has 0 radical (unpaired) electrons. The van der Waals surface area contributed by atoms with Crippen molar-refractivity contribution in [3.8, 4) is 23.8 Å². The van der Waals surface area contributed by atoms with Crippen molar-refractivity contribution in [1.29, 1.82) is 0 Å². The summed E-state index contributed by atoms with van der Waals surface area (Å²) in [4.78, 5) is 31.6. The first-order valence-corrected chi connectivity index (χ1v) is 13.0. The molecule has 0 fully saturated rings. The molecule has 0 saturated carbocycles. The van der Waals surface area contributed by atoms with Gasteiger partial charge in [-0.1, -0.05) is 41.0 Å². The Morgan fingerprint density at radius 3 is 2.63 bits per heavy atom. The summed E-state index contributed by atoms with van der Waals surface area (Å²) in [5, 5.41) is 0.273. The zero-order valence-corrected chi connectivity index (χ0v) is 22.5. The Balaban J connectivity index is 1.90. The van der Waals surface area contributed by atoms with E-state index in [1.807, 2.05) is 6.92 Å². The number of terminal acetylenes is 1. The van der Waals surface area contributed by atoms with Crippen LogP contribution in [0.15, 0.2) is 57.5 Å². The lowest BCUT2D eigenvalue weighted by Gasteiger charge is -2.24. The highest BCUT2D eigenvalue weighted by molar-refractivity contribution is 7.07. The van der Waals surface area contributed by atoms with Gasteiger partial charge in [0, 0.05) is 0 Å². The van der Waals surface area contributed by atoms with Crippen LogP contribution in [0.4, 0.5) is 4.39 Å². The van der Waals surface area contributed by atoms with E-state index in [4.69, 9.17) is 32.2 Å². The summed E-state index contributed by atoms with van der Waals surface area (Å²) in [5.74, 6) is 2.07. The van der Waals surface area contributed by atoms with Gasteiger partial charge in [-0.05, 0) is 62.2 Å². The van der Waals surface area contributed by atoms with E-state index in [1.165, 1.54) is 28.8 Å². The lowest BCUT2D eigenvalue weighted by atomic mass is 9.96. The number of esters is 1. The molecule has 1 aliphatic heterocycles. The Bertz CT molecular complexity index is 1630. The average Bonchev–Trinajstić information content (AvgIpc) is 3.17. The molecule has 2 aromatic carbocycles. The molecule has 7 nitrogen and oxygen atoms in total. The fourth-order valence-corrected chi connectivity index (χ4v) is 5.41. The first-order valence-electron chi connectivity index (χ1n) is 11.8. The molecule has 0 saturated heterocycles. The zero-order valence-electron chi connectivity index (χ0n) is 20.9. The maximum Gasteiger partial charge on any atom is 0.338 e.